The molecule has 0 aliphatic heterocycles. The van der Waals surface area contributed by atoms with Crippen LogP contribution in [0.5, 0.6) is 0 Å². The quantitative estimate of drug-likeness (QED) is 0.565. The molecule has 54 valence electrons. The first-order chi connectivity index (χ1) is 4.04. The molecule has 2 nitrogen and oxygen atoms in total. The Kier molecular flexibility index (Phi) is 3.62. The fourth-order valence-electron chi connectivity index (χ4n) is 0.282. The van der Waals surface area contributed by atoms with Gasteiger partial charge in [-0.3, -0.25) is 0 Å². The zero-order valence-corrected chi connectivity index (χ0v) is 6.61. The van der Waals surface area contributed by atoms with Gasteiger partial charge >= 0.3 is 5.43 Å². The van der Waals surface area contributed by atoms with Crippen molar-refractivity contribution in [3.8, 4) is 0 Å². The van der Waals surface area contributed by atoms with Crippen LogP contribution < -0.4 is 0 Å². The van der Waals surface area contributed by atoms with Crippen molar-refractivity contribution in [1.29, 1.82) is 0 Å². The van der Waals surface area contributed by atoms with E-state index >= 15 is 0 Å². The van der Waals surface area contributed by atoms with Crippen LogP contribution in [-0.2, 0) is 4.74 Å². The standard InChI is InChI=1S/C6H11ClO2/c1-4(2)5(3)9-6(7)8/h4-5H,1-3H3. The molecule has 0 aromatic carbocycles. The molecular formula is C6H11ClO2. The molecule has 0 fully saturated rings. The Bertz CT molecular complexity index is 101. The van der Waals surface area contributed by atoms with E-state index in [0.29, 0.717) is 5.92 Å². The van der Waals surface area contributed by atoms with Gasteiger partial charge in [-0.15, -0.1) is 0 Å². The molecule has 0 saturated heterocycles. The zero-order valence-electron chi connectivity index (χ0n) is 5.85. The topological polar surface area (TPSA) is 26.3 Å². The fourth-order valence-corrected chi connectivity index (χ4v) is 0.423. The average molecular weight is 151 g/mol. The largest absolute Gasteiger partial charge is 0.450 e. The summed E-state index contributed by atoms with van der Waals surface area (Å²) in [6.07, 6.45) is -0.0880. The van der Waals surface area contributed by atoms with Crippen LogP contribution in [0.3, 0.4) is 0 Å². The maximum atomic E-state index is 10.1. The molecule has 0 aliphatic rings. The summed E-state index contributed by atoms with van der Waals surface area (Å²) in [5.74, 6) is 0.327. The molecule has 3 heteroatoms. The summed E-state index contributed by atoms with van der Waals surface area (Å²) >= 11 is 4.96. The number of carbonyl (C=O) groups is 1. The Morgan fingerprint density at radius 3 is 2.00 bits per heavy atom. The normalized spacial score (nSPS) is 13.4. The minimum Gasteiger partial charge on any atom is -0.450 e. The van der Waals surface area contributed by atoms with Crippen LogP contribution in [0, 0.1) is 5.92 Å². The van der Waals surface area contributed by atoms with Crippen molar-refractivity contribution in [2.45, 2.75) is 26.9 Å². The lowest BCUT2D eigenvalue weighted by Gasteiger charge is -2.13. The van der Waals surface area contributed by atoms with Gasteiger partial charge in [-0.05, 0) is 12.8 Å². The molecule has 0 saturated carbocycles. The van der Waals surface area contributed by atoms with E-state index in [9.17, 15) is 4.79 Å². The van der Waals surface area contributed by atoms with Gasteiger partial charge in [0.15, 0.2) is 0 Å². The number of carbonyl (C=O) groups excluding carboxylic acids is 1. The summed E-state index contributed by atoms with van der Waals surface area (Å²) in [4.78, 5) is 10.1. The van der Waals surface area contributed by atoms with Crippen molar-refractivity contribution in [2.75, 3.05) is 0 Å². The van der Waals surface area contributed by atoms with Crippen LogP contribution in [0.4, 0.5) is 4.79 Å². The molecule has 0 amide bonds. The average Bonchev–Trinajstić information content (AvgIpc) is 1.63. The molecule has 1 unspecified atom stereocenters. The van der Waals surface area contributed by atoms with E-state index in [1.54, 1.807) is 0 Å². The predicted octanol–water partition coefficient (Wildman–Crippen LogP) is 2.41. The highest BCUT2D eigenvalue weighted by atomic mass is 35.5. The van der Waals surface area contributed by atoms with E-state index in [2.05, 4.69) is 4.74 Å². The Morgan fingerprint density at radius 2 is 1.89 bits per heavy atom. The van der Waals surface area contributed by atoms with Gasteiger partial charge in [0.1, 0.15) is 6.10 Å². The lowest BCUT2D eigenvalue weighted by Crippen LogP contribution is -2.16. The lowest BCUT2D eigenvalue weighted by atomic mass is 10.1. The zero-order chi connectivity index (χ0) is 7.44. The van der Waals surface area contributed by atoms with E-state index in [-0.39, 0.29) is 6.10 Å². The van der Waals surface area contributed by atoms with Gasteiger partial charge in [0, 0.05) is 11.6 Å². The van der Waals surface area contributed by atoms with Gasteiger partial charge in [0.05, 0.1) is 0 Å². The molecule has 9 heavy (non-hydrogen) atoms. The second-order valence-corrected chi connectivity index (χ2v) is 2.61. The number of rotatable bonds is 2. The molecule has 0 aromatic heterocycles. The van der Waals surface area contributed by atoms with Gasteiger partial charge in [0.25, 0.3) is 0 Å². The van der Waals surface area contributed by atoms with Crippen LogP contribution in [0.25, 0.3) is 0 Å². The summed E-state index contributed by atoms with van der Waals surface area (Å²) in [6, 6.07) is 0. The molecule has 1 atom stereocenters. The Morgan fingerprint density at radius 1 is 1.44 bits per heavy atom. The highest BCUT2D eigenvalue weighted by Crippen LogP contribution is 2.06. The van der Waals surface area contributed by atoms with Crippen LogP contribution in [0.15, 0.2) is 0 Å². The van der Waals surface area contributed by atoms with Gasteiger partial charge in [-0.25, -0.2) is 4.79 Å². The third kappa shape index (κ3) is 4.28. The number of hydrogen-bond donors (Lipinski definition) is 0. The van der Waals surface area contributed by atoms with E-state index in [1.165, 1.54) is 0 Å². The van der Waals surface area contributed by atoms with Crippen molar-refractivity contribution in [3.05, 3.63) is 0 Å². The molecule has 0 rings (SSSR count). The maximum absolute atomic E-state index is 10.1. The minimum absolute atomic E-state index is 0.0880. The number of halogens is 1. The van der Waals surface area contributed by atoms with E-state index < -0.39 is 5.43 Å². The van der Waals surface area contributed by atoms with Crippen molar-refractivity contribution in [1.82, 2.24) is 0 Å². The molecule has 0 aliphatic carbocycles. The van der Waals surface area contributed by atoms with Crippen molar-refractivity contribution >= 4 is 17.0 Å². The predicted molar refractivity (Wildman–Crippen MR) is 36.6 cm³/mol. The van der Waals surface area contributed by atoms with Gasteiger partial charge in [-0.1, -0.05) is 13.8 Å². The van der Waals surface area contributed by atoms with E-state index in [4.69, 9.17) is 11.6 Å². The minimum atomic E-state index is -0.726. The second-order valence-electron chi connectivity index (χ2n) is 2.30. The molecule has 0 bridgehead atoms. The second kappa shape index (κ2) is 3.72. The van der Waals surface area contributed by atoms with Crippen LogP contribution in [0.1, 0.15) is 20.8 Å². The first kappa shape index (κ1) is 8.76. The van der Waals surface area contributed by atoms with Crippen molar-refractivity contribution in [3.63, 3.8) is 0 Å². The summed E-state index contributed by atoms with van der Waals surface area (Å²) < 4.78 is 4.64. The van der Waals surface area contributed by atoms with Crippen LogP contribution >= 0.6 is 11.6 Å². The molecular weight excluding hydrogens is 140 g/mol. The number of hydrogen-bond acceptors (Lipinski definition) is 2. The molecule has 0 heterocycles. The molecule has 0 aromatic rings. The first-order valence-electron chi connectivity index (χ1n) is 2.90. The highest BCUT2D eigenvalue weighted by Gasteiger charge is 2.09. The van der Waals surface area contributed by atoms with E-state index in [0.717, 1.165) is 0 Å². The number of ether oxygens (including phenoxy) is 1. The maximum Gasteiger partial charge on any atom is 0.404 e. The SMILES string of the molecule is CC(C)C(C)OC(=O)Cl. The van der Waals surface area contributed by atoms with Crippen molar-refractivity contribution in [2.24, 2.45) is 5.92 Å². The Balaban J connectivity index is 3.50. The van der Waals surface area contributed by atoms with Crippen molar-refractivity contribution < 1.29 is 9.53 Å². The summed E-state index contributed by atoms with van der Waals surface area (Å²) in [5, 5.41) is 0. The third-order valence-corrected chi connectivity index (χ3v) is 1.31. The van der Waals surface area contributed by atoms with Gasteiger partial charge < -0.3 is 4.74 Å². The first-order valence-corrected chi connectivity index (χ1v) is 3.28. The smallest absolute Gasteiger partial charge is 0.404 e. The fraction of sp³-hybridized carbons (Fsp3) is 0.833. The molecule has 0 N–H and O–H groups in total. The summed E-state index contributed by atoms with van der Waals surface area (Å²) in [5.41, 5.74) is -0.726. The van der Waals surface area contributed by atoms with Crippen LogP contribution in [-0.4, -0.2) is 11.5 Å². The van der Waals surface area contributed by atoms with E-state index in [1.807, 2.05) is 20.8 Å². The highest BCUT2D eigenvalue weighted by molar-refractivity contribution is 6.61. The third-order valence-electron chi connectivity index (χ3n) is 1.22. The lowest BCUT2D eigenvalue weighted by molar-refractivity contribution is 0.104. The monoisotopic (exact) mass is 150 g/mol. The molecule has 0 spiro atoms. The van der Waals surface area contributed by atoms with Crippen LogP contribution in [0.2, 0.25) is 0 Å². The van der Waals surface area contributed by atoms with Gasteiger partial charge in [0.2, 0.25) is 0 Å². The Labute approximate surface area is 60.1 Å². The summed E-state index contributed by atoms with van der Waals surface area (Å²) in [6.45, 7) is 5.74. The summed E-state index contributed by atoms with van der Waals surface area (Å²) in [7, 11) is 0. The molecule has 0 radical (unpaired) electrons. The van der Waals surface area contributed by atoms with Gasteiger partial charge in [-0.2, -0.15) is 0 Å². The Hall–Kier alpha value is -0.240.